The maximum atomic E-state index is 13.7. The zero-order valence-corrected chi connectivity index (χ0v) is 22.4. The quantitative estimate of drug-likeness (QED) is 0.247. The molecule has 7 heteroatoms. The standard InChI is InChI=1S/C32H30ClFN2O3/c1-23-11-13-25(14-12-23)20-35-32(38)29(19-24-7-3-2-4-8-24)36(21-26-15-17-27(34)18-16-26)31(37)22-39-30-10-6-5-9-28(30)33/h2-18,29H,19-22H2,1H3,(H,35,38)/t29-/m0/s1. The van der Waals surface area contributed by atoms with Gasteiger partial charge in [0.25, 0.3) is 5.91 Å². The minimum atomic E-state index is -0.842. The van der Waals surface area contributed by atoms with Crippen molar-refractivity contribution < 1.29 is 18.7 Å². The number of amides is 2. The van der Waals surface area contributed by atoms with Crippen LogP contribution < -0.4 is 10.1 Å². The number of nitrogens with zero attached hydrogens (tertiary/aromatic N) is 1. The molecule has 4 aromatic carbocycles. The van der Waals surface area contributed by atoms with E-state index in [0.29, 0.717) is 29.3 Å². The van der Waals surface area contributed by atoms with Crippen molar-refractivity contribution in [2.24, 2.45) is 0 Å². The number of para-hydroxylation sites is 1. The maximum absolute atomic E-state index is 13.7. The first-order valence-corrected chi connectivity index (χ1v) is 13.1. The van der Waals surface area contributed by atoms with Crippen molar-refractivity contribution in [2.75, 3.05) is 6.61 Å². The van der Waals surface area contributed by atoms with Gasteiger partial charge in [-0.2, -0.15) is 0 Å². The lowest BCUT2D eigenvalue weighted by molar-refractivity contribution is -0.142. The molecule has 5 nitrogen and oxygen atoms in total. The predicted octanol–water partition coefficient (Wildman–Crippen LogP) is 6.12. The summed E-state index contributed by atoms with van der Waals surface area (Å²) in [5.41, 5.74) is 3.66. The third kappa shape index (κ3) is 8.16. The Morgan fingerprint density at radius 1 is 0.846 bits per heavy atom. The molecule has 0 saturated carbocycles. The zero-order valence-electron chi connectivity index (χ0n) is 21.6. The van der Waals surface area contributed by atoms with Gasteiger partial charge >= 0.3 is 0 Å². The normalized spacial score (nSPS) is 11.5. The second-order valence-corrected chi connectivity index (χ2v) is 9.68. The summed E-state index contributed by atoms with van der Waals surface area (Å²) >= 11 is 6.21. The number of aryl methyl sites for hydroxylation is 1. The Bertz CT molecular complexity index is 1380. The molecule has 39 heavy (non-hydrogen) atoms. The molecule has 0 unspecified atom stereocenters. The maximum Gasteiger partial charge on any atom is 0.261 e. The molecule has 0 saturated heterocycles. The monoisotopic (exact) mass is 544 g/mol. The molecule has 1 N–H and O–H groups in total. The number of rotatable bonds is 11. The summed E-state index contributed by atoms with van der Waals surface area (Å²) in [4.78, 5) is 28.8. The summed E-state index contributed by atoms with van der Waals surface area (Å²) in [7, 11) is 0. The fourth-order valence-corrected chi connectivity index (χ4v) is 4.33. The topological polar surface area (TPSA) is 58.6 Å². The first-order valence-electron chi connectivity index (χ1n) is 12.7. The highest BCUT2D eigenvalue weighted by molar-refractivity contribution is 6.32. The summed E-state index contributed by atoms with van der Waals surface area (Å²) in [5, 5.41) is 3.38. The Kier molecular flexibility index (Phi) is 9.70. The minimum absolute atomic E-state index is 0.0977. The largest absolute Gasteiger partial charge is 0.482 e. The van der Waals surface area contributed by atoms with E-state index in [2.05, 4.69) is 5.32 Å². The number of carbonyl (C=O) groups is 2. The first-order chi connectivity index (χ1) is 18.9. The van der Waals surface area contributed by atoms with Gasteiger partial charge in [0.2, 0.25) is 5.91 Å². The number of halogens is 2. The number of hydrogen-bond donors (Lipinski definition) is 1. The van der Waals surface area contributed by atoms with E-state index in [1.165, 1.54) is 17.0 Å². The molecular weight excluding hydrogens is 515 g/mol. The predicted molar refractivity (Wildman–Crippen MR) is 151 cm³/mol. The molecule has 0 radical (unpaired) electrons. The number of benzene rings is 4. The fourth-order valence-electron chi connectivity index (χ4n) is 4.14. The molecule has 0 spiro atoms. The van der Waals surface area contributed by atoms with E-state index >= 15 is 0 Å². The van der Waals surface area contributed by atoms with Gasteiger partial charge < -0.3 is 15.0 Å². The molecule has 0 aliphatic heterocycles. The highest BCUT2D eigenvalue weighted by Gasteiger charge is 2.30. The molecule has 4 rings (SSSR count). The van der Waals surface area contributed by atoms with Crippen molar-refractivity contribution in [1.82, 2.24) is 10.2 Å². The number of hydrogen-bond acceptors (Lipinski definition) is 3. The Morgan fingerprint density at radius 2 is 1.49 bits per heavy atom. The van der Waals surface area contributed by atoms with Gasteiger partial charge in [-0.15, -0.1) is 0 Å². The highest BCUT2D eigenvalue weighted by atomic mass is 35.5. The van der Waals surface area contributed by atoms with Gasteiger partial charge in [-0.05, 0) is 47.9 Å². The molecular formula is C32H30ClFN2O3. The van der Waals surface area contributed by atoms with E-state index in [9.17, 15) is 14.0 Å². The number of carbonyl (C=O) groups excluding carboxylic acids is 2. The van der Waals surface area contributed by atoms with Crippen molar-refractivity contribution in [3.05, 3.63) is 136 Å². The van der Waals surface area contributed by atoms with Crippen molar-refractivity contribution in [3.8, 4) is 5.75 Å². The lowest BCUT2D eigenvalue weighted by atomic mass is 10.0. The van der Waals surface area contributed by atoms with E-state index in [4.69, 9.17) is 16.3 Å². The third-order valence-electron chi connectivity index (χ3n) is 6.31. The van der Waals surface area contributed by atoms with Crippen LogP contribution in [0.25, 0.3) is 0 Å². The molecule has 0 heterocycles. The summed E-state index contributed by atoms with van der Waals surface area (Å²) in [5.74, 6) is -0.702. The Hall–Kier alpha value is -4.16. The second kappa shape index (κ2) is 13.6. The smallest absolute Gasteiger partial charge is 0.261 e. The van der Waals surface area contributed by atoms with Crippen LogP contribution in [0, 0.1) is 12.7 Å². The summed E-state index contributed by atoms with van der Waals surface area (Å²) in [6.45, 7) is 2.10. The number of ether oxygens (including phenoxy) is 1. The Labute approximate surface area is 233 Å². The van der Waals surface area contributed by atoms with Gasteiger partial charge in [-0.25, -0.2) is 4.39 Å². The van der Waals surface area contributed by atoms with Gasteiger partial charge in [-0.3, -0.25) is 9.59 Å². The SMILES string of the molecule is Cc1ccc(CNC(=O)[C@H](Cc2ccccc2)N(Cc2ccc(F)cc2)C(=O)COc2ccccc2Cl)cc1. The molecule has 0 aliphatic carbocycles. The second-order valence-electron chi connectivity index (χ2n) is 9.28. The van der Waals surface area contributed by atoms with Gasteiger partial charge in [0.15, 0.2) is 6.61 Å². The highest BCUT2D eigenvalue weighted by Crippen LogP contribution is 2.23. The molecule has 200 valence electrons. The summed E-state index contributed by atoms with van der Waals surface area (Å²) < 4.78 is 19.4. The Balaban J connectivity index is 1.61. The average Bonchev–Trinajstić information content (AvgIpc) is 2.95. The molecule has 4 aromatic rings. The summed E-state index contributed by atoms with van der Waals surface area (Å²) in [6, 6.07) is 29.3. The van der Waals surface area contributed by atoms with Gasteiger partial charge in [0.05, 0.1) is 5.02 Å². The van der Waals surface area contributed by atoms with Crippen molar-refractivity contribution >= 4 is 23.4 Å². The van der Waals surface area contributed by atoms with E-state index in [1.54, 1.807) is 36.4 Å². The van der Waals surface area contributed by atoms with Crippen LogP contribution in [-0.2, 0) is 29.1 Å². The van der Waals surface area contributed by atoms with Crippen LogP contribution in [0.15, 0.2) is 103 Å². The van der Waals surface area contributed by atoms with Crippen LogP contribution in [-0.4, -0.2) is 29.4 Å². The van der Waals surface area contributed by atoms with E-state index in [1.807, 2.05) is 61.5 Å². The van der Waals surface area contributed by atoms with Crippen LogP contribution in [0.4, 0.5) is 4.39 Å². The lowest BCUT2D eigenvalue weighted by Gasteiger charge is -2.31. The van der Waals surface area contributed by atoms with Gasteiger partial charge in [-0.1, -0.05) is 96.0 Å². The third-order valence-corrected chi connectivity index (χ3v) is 6.62. The van der Waals surface area contributed by atoms with Crippen LogP contribution >= 0.6 is 11.6 Å². The van der Waals surface area contributed by atoms with E-state index < -0.39 is 11.9 Å². The average molecular weight is 545 g/mol. The lowest BCUT2D eigenvalue weighted by Crippen LogP contribution is -2.51. The van der Waals surface area contributed by atoms with Crippen molar-refractivity contribution in [2.45, 2.75) is 32.5 Å². The molecule has 0 aromatic heterocycles. The van der Waals surface area contributed by atoms with Gasteiger partial charge in [0, 0.05) is 19.5 Å². The fraction of sp³-hybridized carbons (Fsp3) is 0.188. The zero-order chi connectivity index (χ0) is 27.6. The van der Waals surface area contributed by atoms with Gasteiger partial charge in [0.1, 0.15) is 17.6 Å². The van der Waals surface area contributed by atoms with Crippen molar-refractivity contribution in [3.63, 3.8) is 0 Å². The van der Waals surface area contributed by atoms with Crippen LogP contribution in [0.3, 0.4) is 0 Å². The minimum Gasteiger partial charge on any atom is -0.482 e. The summed E-state index contributed by atoms with van der Waals surface area (Å²) in [6.07, 6.45) is 0.291. The van der Waals surface area contributed by atoms with Crippen LogP contribution in [0.1, 0.15) is 22.3 Å². The van der Waals surface area contributed by atoms with Crippen molar-refractivity contribution in [1.29, 1.82) is 0 Å². The Morgan fingerprint density at radius 3 is 2.18 bits per heavy atom. The molecule has 0 fully saturated rings. The molecule has 2 amide bonds. The number of nitrogens with one attached hydrogen (secondary N) is 1. The van der Waals surface area contributed by atoms with Crippen LogP contribution in [0.2, 0.25) is 5.02 Å². The van der Waals surface area contributed by atoms with Crippen LogP contribution in [0.5, 0.6) is 5.75 Å². The van der Waals surface area contributed by atoms with E-state index in [-0.39, 0.29) is 24.9 Å². The molecule has 1 atom stereocenters. The molecule has 0 aliphatic rings. The first kappa shape index (κ1) is 27.9. The molecule has 0 bridgehead atoms. The van der Waals surface area contributed by atoms with E-state index in [0.717, 1.165) is 16.7 Å².